The van der Waals surface area contributed by atoms with Crippen molar-refractivity contribution in [2.45, 2.75) is 19.8 Å². The Morgan fingerprint density at radius 3 is 2.86 bits per heavy atom. The zero-order valence-corrected chi connectivity index (χ0v) is 9.83. The number of halogens is 1. The standard InChI is InChI=1S/C11H14BrNO/c1-8-2-3-9(8)7-14-11-5-4-10(12)6-13-11/h4-6,8-9H,2-3,7H2,1H3/t8-,9-/m0/s1. The van der Waals surface area contributed by atoms with E-state index in [4.69, 9.17) is 4.74 Å². The average molecular weight is 256 g/mol. The second kappa shape index (κ2) is 4.30. The van der Waals surface area contributed by atoms with Gasteiger partial charge < -0.3 is 4.74 Å². The predicted molar refractivity (Wildman–Crippen MR) is 59.3 cm³/mol. The van der Waals surface area contributed by atoms with Crippen LogP contribution in [0.1, 0.15) is 19.8 Å². The number of hydrogen-bond donors (Lipinski definition) is 0. The maximum atomic E-state index is 5.60. The van der Waals surface area contributed by atoms with Gasteiger partial charge in [0.15, 0.2) is 0 Å². The van der Waals surface area contributed by atoms with E-state index >= 15 is 0 Å². The van der Waals surface area contributed by atoms with Crippen molar-refractivity contribution in [1.29, 1.82) is 0 Å². The Balaban J connectivity index is 1.83. The number of aromatic nitrogens is 1. The van der Waals surface area contributed by atoms with Gasteiger partial charge in [-0.25, -0.2) is 4.98 Å². The smallest absolute Gasteiger partial charge is 0.213 e. The molecule has 0 unspecified atom stereocenters. The maximum absolute atomic E-state index is 5.60. The first-order valence-corrected chi connectivity index (χ1v) is 5.79. The Kier molecular flexibility index (Phi) is 3.06. The maximum Gasteiger partial charge on any atom is 0.213 e. The fraction of sp³-hybridized carbons (Fsp3) is 0.545. The predicted octanol–water partition coefficient (Wildman–Crippen LogP) is 3.27. The first-order chi connectivity index (χ1) is 6.75. The monoisotopic (exact) mass is 255 g/mol. The third kappa shape index (κ3) is 2.27. The van der Waals surface area contributed by atoms with E-state index in [2.05, 4.69) is 27.8 Å². The fourth-order valence-electron chi connectivity index (χ4n) is 1.62. The molecule has 1 aromatic rings. The highest BCUT2D eigenvalue weighted by Gasteiger charge is 2.27. The summed E-state index contributed by atoms with van der Waals surface area (Å²) in [5.74, 6) is 2.29. The van der Waals surface area contributed by atoms with Crippen molar-refractivity contribution in [2.24, 2.45) is 11.8 Å². The first-order valence-electron chi connectivity index (χ1n) is 5.00. The lowest BCUT2D eigenvalue weighted by atomic mass is 9.75. The highest BCUT2D eigenvalue weighted by molar-refractivity contribution is 9.10. The van der Waals surface area contributed by atoms with Crippen LogP contribution in [0.5, 0.6) is 5.88 Å². The van der Waals surface area contributed by atoms with E-state index in [0.717, 1.165) is 28.8 Å². The van der Waals surface area contributed by atoms with Crippen molar-refractivity contribution in [3.8, 4) is 5.88 Å². The van der Waals surface area contributed by atoms with Crippen molar-refractivity contribution in [3.63, 3.8) is 0 Å². The summed E-state index contributed by atoms with van der Waals surface area (Å²) in [5.41, 5.74) is 0. The van der Waals surface area contributed by atoms with E-state index in [-0.39, 0.29) is 0 Å². The molecule has 1 heterocycles. The molecule has 1 aliphatic rings. The summed E-state index contributed by atoms with van der Waals surface area (Å²) in [6.07, 6.45) is 4.42. The molecule has 2 atom stereocenters. The molecule has 14 heavy (non-hydrogen) atoms. The Hall–Kier alpha value is -0.570. The molecule has 1 saturated carbocycles. The molecule has 1 fully saturated rings. The zero-order chi connectivity index (χ0) is 9.97. The van der Waals surface area contributed by atoms with E-state index in [1.807, 2.05) is 12.1 Å². The van der Waals surface area contributed by atoms with E-state index in [9.17, 15) is 0 Å². The summed E-state index contributed by atoms with van der Waals surface area (Å²) in [6, 6.07) is 3.85. The van der Waals surface area contributed by atoms with Crippen LogP contribution in [0.3, 0.4) is 0 Å². The lowest BCUT2D eigenvalue weighted by Gasteiger charge is -2.33. The Morgan fingerprint density at radius 1 is 1.50 bits per heavy atom. The molecular formula is C11H14BrNO. The molecule has 0 saturated heterocycles. The van der Waals surface area contributed by atoms with Gasteiger partial charge >= 0.3 is 0 Å². The van der Waals surface area contributed by atoms with Crippen molar-refractivity contribution in [1.82, 2.24) is 4.98 Å². The van der Waals surface area contributed by atoms with Crippen molar-refractivity contribution in [2.75, 3.05) is 6.61 Å². The molecule has 0 spiro atoms. The van der Waals surface area contributed by atoms with Gasteiger partial charge in [-0.1, -0.05) is 6.92 Å². The minimum absolute atomic E-state index is 0.729. The van der Waals surface area contributed by atoms with Crippen molar-refractivity contribution in [3.05, 3.63) is 22.8 Å². The van der Waals surface area contributed by atoms with Crippen molar-refractivity contribution >= 4 is 15.9 Å². The molecule has 0 radical (unpaired) electrons. The van der Waals surface area contributed by atoms with Crippen LogP contribution >= 0.6 is 15.9 Å². The Labute approximate surface area is 92.8 Å². The number of hydrogen-bond acceptors (Lipinski definition) is 2. The largest absolute Gasteiger partial charge is 0.477 e. The Bertz CT molecular complexity index is 299. The molecule has 0 bridgehead atoms. The van der Waals surface area contributed by atoms with Gasteiger partial charge in [0.1, 0.15) is 0 Å². The summed E-state index contributed by atoms with van der Waals surface area (Å²) in [7, 11) is 0. The van der Waals surface area contributed by atoms with Crippen LogP contribution in [0.2, 0.25) is 0 Å². The van der Waals surface area contributed by atoms with Gasteiger partial charge in [0, 0.05) is 16.7 Å². The molecule has 1 aliphatic carbocycles. The lowest BCUT2D eigenvalue weighted by molar-refractivity contribution is 0.113. The summed E-state index contributed by atoms with van der Waals surface area (Å²) < 4.78 is 6.59. The van der Waals surface area contributed by atoms with Crippen LogP contribution in [-0.4, -0.2) is 11.6 Å². The van der Waals surface area contributed by atoms with Crippen LogP contribution in [0.15, 0.2) is 22.8 Å². The molecule has 3 heteroatoms. The molecule has 0 aromatic carbocycles. The third-order valence-electron chi connectivity index (χ3n) is 2.94. The summed E-state index contributed by atoms with van der Waals surface area (Å²) in [4.78, 5) is 4.16. The summed E-state index contributed by atoms with van der Waals surface area (Å²) in [6.45, 7) is 3.10. The van der Waals surface area contributed by atoms with Gasteiger partial charge in [-0.2, -0.15) is 0 Å². The summed E-state index contributed by atoms with van der Waals surface area (Å²) in [5, 5.41) is 0. The van der Waals surface area contributed by atoms with E-state index in [1.165, 1.54) is 12.8 Å². The topological polar surface area (TPSA) is 22.1 Å². The van der Waals surface area contributed by atoms with Crippen LogP contribution < -0.4 is 4.74 Å². The van der Waals surface area contributed by atoms with Crippen LogP contribution in [-0.2, 0) is 0 Å². The zero-order valence-electron chi connectivity index (χ0n) is 8.24. The molecule has 76 valence electrons. The highest BCUT2D eigenvalue weighted by atomic mass is 79.9. The van der Waals surface area contributed by atoms with Gasteiger partial charge in [0.2, 0.25) is 5.88 Å². The van der Waals surface area contributed by atoms with Crippen LogP contribution in [0.4, 0.5) is 0 Å². The molecule has 2 nitrogen and oxygen atoms in total. The Morgan fingerprint density at radius 2 is 2.36 bits per heavy atom. The normalized spacial score (nSPS) is 25.6. The fourth-order valence-corrected chi connectivity index (χ4v) is 1.86. The SMILES string of the molecule is C[C@H]1CC[C@H]1COc1ccc(Br)cn1. The molecule has 1 aromatic heterocycles. The average Bonchev–Trinajstić information content (AvgIpc) is 2.19. The van der Waals surface area contributed by atoms with Gasteiger partial charge in [0.05, 0.1) is 6.61 Å². The number of pyridine rings is 1. The van der Waals surface area contributed by atoms with Crippen molar-refractivity contribution < 1.29 is 4.74 Å². The lowest BCUT2D eigenvalue weighted by Crippen LogP contribution is -2.28. The van der Waals surface area contributed by atoms with E-state index < -0.39 is 0 Å². The number of ether oxygens (including phenoxy) is 1. The second-order valence-electron chi connectivity index (χ2n) is 3.94. The van der Waals surface area contributed by atoms with E-state index in [1.54, 1.807) is 6.20 Å². The van der Waals surface area contributed by atoms with Gasteiger partial charge in [-0.05, 0) is 46.7 Å². The highest BCUT2D eigenvalue weighted by Crippen LogP contribution is 2.33. The summed E-state index contributed by atoms with van der Waals surface area (Å²) >= 11 is 3.34. The third-order valence-corrected chi connectivity index (χ3v) is 3.41. The molecule has 2 rings (SSSR count). The quantitative estimate of drug-likeness (QED) is 0.828. The van der Waals surface area contributed by atoms with E-state index in [0.29, 0.717) is 0 Å². The first kappa shape index (κ1) is 9.97. The minimum atomic E-state index is 0.729. The number of nitrogens with zero attached hydrogens (tertiary/aromatic N) is 1. The molecular weight excluding hydrogens is 242 g/mol. The number of rotatable bonds is 3. The second-order valence-corrected chi connectivity index (χ2v) is 4.86. The van der Waals surface area contributed by atoms with Crippen LogP contribution in [0, 0.1) is 11.8 Å². The van der Waals surface area contributed by atoms with Gasteiger partial charge in [-0.15, -0.1) is 0 Å². The molecule has 0 aliphatic heterocycles. The van der Waals surface area contributed by atoms with Crippen LogP contribution in [0.25, 0.3) is 0 Å². The minimum Gasteiger partial charge on any atom is -0.477 e. The molecule has 0 amide bonds. The van der Waals surface area contributed by atoms with Gasteiger partial charge in [0.25, 0.3) is 0 Å². The molecule has 0 N–H and O–H groups in total. The van der Waals surface area contributed by atoms with Gasteiger partial charge in [-0.3, -0.25) is 0 Å².